The summed E-state index contributed by atoms with van der Waals surface area (Å²) < 4.78 is 7.34. The summed E-state index contributed by atoms with van der Waals surface area (Å²) in [7, 11) is 0. The summed E-state index contributed by atoms with van der Waals surface area (Å²) in [4.78, 5) is 20.8. The lowest BCUT2D eigenvalue weighted by Crippen LogP contribution is -2.37. The Morgan fingerprint density at radius 1 is 1.17 bits per heavy atom. The van der Waals surface area contributed by atoms with Crippen molar-refractivity contribution in [1.29, 1.82) is 0 Å². The van der Waals surface area contributed by atoms with Crippen molar-refractivity contribution < 1.29 is 9.84 Å². The van der Waals surface area contributed by atoms with Crippen LogP contribution in [0, 0.1) is 13.8 Å². The predicted molar refractivity (Wildman–Crippen MR) is 139 cm³/mol. The van der Waals surface area contributed by atoms with E-state index in [1.54, 1.807) is 0 Å². The Balaban J connectivity index is 1.54. The largest absolute Gasteiger partial charge is 0.396 e. The molecule has 4 rings (SSSR count). The second kappa shape index (κ2) is 12.5. The molecule has 10 nitrogen and oxygen atoms in total. The topological polar surface area (TPSA) is 112 Å². The SMILES string of the molecule is CCC(c1nnnn1CCCN1CCOCC1)N(CCCO)Cc1cc2cc(C)cc(C)c2[nH]c1=O. The molecule has 0 amide bonds. The van der Waals surface area contributed by atoms with Crippen molar-refractivity contribution in [1.82, 2.24) is 35.0 Å². The van der Waals surface area contributed by atoms with Gasteiger partial charge in [0.1, 0.15) is 0 Å². The Morgan fingerprint density at radius 3 is 2.72 bits per heavy atom. The Kier molecular flexibility index (Phi) is 9.19. The summed E-state index contributed by atoms with van der Waals surface area (Å²) in [6.07, 6.45) is 2.35. The van der Waals surface area contributed by atoms with Gasteiger partial charge in [0.2, 0.25) is 0 Å². The number of aromatic amines is 1. The van der Waals surface area contributed by atoms with Crippen LogP contribution in [0.1, 0.15) is 54.7 Å². The molecule has 1 aliphatic rings. The van der Waals surface area contributed by atoms with Crippen LogP contribution in [0.25, 0.3) is 10.9 Å². The zero-order valence-electron chi connectivity index (χ0n) is 21.7. The van der Waals surface area contributed by atoms with Crippen LogP contribution >= 0.6 is 0 Å². The fraction of sp³-hybridized carbons (Fsp3) is 0.615. The number of rotatable bonds is 12. The molecule has 36 heavy (non-hydrogen) atoms. The molecule has 0 radical (unpaired) electrons. The minimum absolute atomic E-state index is 0.0655. The van der Waals surface area contributed by atoms with Crippen LogP contribution in [0.15, 0.2) is 23.0 Å². The van der Waals surface area contributed by atoms with E-state index in [9.17, 15) is 9.90 Å². The van der Waals surface area contributed by atoms with Gasteiger partial charge in [0.15, 0.2) is 5.82 Å². The number of aliphatic hydroxyl groups is 1. The number of benzene rings is 1. The highest BCUT2D eigenvalue weighted by Crippen LogP contribution is 2.25. The highest BCUT2D eigenvalue weighted by Gasteiger charge is 2.25. The lowest BCUT2D eigenvalue weighted by molar-refractivity contribution is 0.0367. The predicted octanol–water partition coefficient (Wildman–Crippen LogP) is 2.19. The van der Waals surface area contributed by atoms with Gasteiger partial charge in [0, 0.05) is 51.4 Å². The molecule has 0 saturated carbocycles. The molecule has 0 aliphatic carbocycles. The first-order chi connectivity index (χ1) is 17.5. The van der Waals surface area contributed by atoms with E-state index in [2.05, 4.69) is 56.3 Å². The molecule has 2 aromatic heterocycles. The summed E-state index contributed by atoms with van der Waals surface area (Å²) in [6, 6.07) is 6.12. The van der Waals surface area contributed by atoms with Crippen LogP contribution in [0.3, 0.4) is 0 Å². The molecular formula is C26H39N7O3. The zero-order chi connectivity index (χ0) is 25.5. The minimum atomic E-state index is -0.0802. The van der Waals surface area contributed by atoms with Crippen molar-refractivity contribution >= 4 is 10.9 Å². The summed E-state index contributed by atoms with van der Waals surface area (Å²) in [5.74, 6) is 0.807. The molecule has 2 N–H and O–H groups in total. The smallest absolute Gasteiger partial charge is 0.252 e. The van der Waals surface area contributed by atoms with Gasteiger partial charge < -0.3 is 14.8 Å². The van der Waals surface area contributed by atoms with E-state index in [4.69, 9.17) is 4.74 Å². The zero-order valence-corrected chi connectivity index (χ0v) is 21.7. The van der Waals surface area contributed by atoms with Crippen LogP contribution in [0.4, 0.5) is 0 Å². The van der Waals surface area contributed by atoms with Gasteiger partial charge in [-0.05, 0) is 66.6 Å². The number of aliphatic hydroxyl groups excluding tert-OH is 1. The lowest BCUT2D eigenvalue weighted by atomic mass is 10.0. The fourth-order valence-electron chi connectivity index (χ4n) is 5.17. The van der Waals surface area contributed by atoms with E-state index in [0.29, 0.717) is 25.1 Å². The van der Waals surface area contributed by atoms with Gasteiger partial charge in [-0.3, -0.25) is 14.6 Å². The van der Waals surface area contributed by atoms with Crippen molar-refractivity contribution in [2.45, 2.75) is 59.2 Å². The Hall–Kier alpha value is -2.66. The maximum Gasteiger partial charge on any atom is 0.252 e. The molecule has 3 heterocycles. The molecule has 1 aromatic carbocycles. The van der Waals surface area contributed by atoms with Crippen LogP contribution in [-0.4, -0.2) is 86.1 Å². The van der Waals surface area contributed by atoms with Gasteiger partial charge >= 0.3 is 0 Å². The molecule has 1 atom stereocenters. The van der Waals surface area contributed by atoms with Gasteiger partial charge in [-0.2, -0.15) is 0 Å². The quantitative estimate of drug-likeness (QED) is 0.392. The van der Waals surface area contributed by atoms with Crippen LogP contribution < -0.4 is 5.56 Å². The number of H-pyrrole nitrogens is 1. The number of pyridine rings is 1. The molecule has 0 spiro atoms. The average molecular weight is 498 g/mol. The third-order valence-electron chi connectivity index (χ3n) is 6.98. The number of morpholine rings is 1. The summed E-state index contributed by atoms with van der Waals surface area (Å²) >= 11 is 0. The molecule has 1 aliphatic heterocycles. The monoisotopic (exact) mass is 497 g/mol. The number of fused-ring (bicyclic) bond motifs is 1. The average Bonchev–Trinajstić information content (AvgIpc) is 3.32. The maximum atomic E-state index is 13.0. The highest BCUT2D eigenvalue weighted by atomic mass is 16.5. The van der Waals surface area contributed by atoms with Gasteiger partial charge in [-0.25, -0.2) is 4.68 Å². The number of nitrogens with one attached hydrogen (secondary N) is 1. The van der Waals surface area contributed by atoms with E-state index in [1.807, 2.05) is 17.7 Å². The van der Waals surface area contributed by atoms with Crippen LogP contribution in [-0.2, 0) is 17.8 Å². The first-order valence-electron chi connectivity index (χ1n) is 13.0. The van der Waals surface area contributed by atoms with Gasteiger partial charge in [-0.1, -0.05) is 18.6 Å². The van der Waals surface area contributed by atoms with Gasteiger partial charge in [0.05, 0.1) is 24.8 Å². The molecular weight excluding hydrogens is 458 g/mol. The number of nitrogens with zero attached hydrogens (tertiary/aromatic N) is 6. The summed E-state index contributed by atoms with van der Waals surface area (Å²) in [5.41, 5.74) is 3.73. The summed E-state index contributed by atoms with van der Waals surface area (Å²) in [6.45, 7) is 12.6. The van der Waals surface area contributed by atoms with Crippen molar-refractivity contribution in [3.63, 3.8) is 0 Å². The number of aromatic nitrogens is 5. The number of hydrogen-bond donors (Lipinski definition) is 2. The van der Waals surface area contributed by atoms with Crippen molar-refractivity contribution in [3.8, 4) is 0 Å². The molecule has 1 unspecified atom stereocenters. The molecule has 3 aromatic rings. The Labute approximate surface area is 212 Å². The van der Waals surface area contributed by atoms with Crippen molar-refractivity contribution in [3.05, 3.63) is 51.1 Å². The first-order valence-corrected chi connectivity index (χ1v) is 13.0. The van der Waals surface area contributed by atoms with E-state index in [0.717, 1.165) is 80.1 Å². The maximum absolute atomic E-state index is 13.0. The van der Waals surface area contributed by atoms with E-state index in [-0.39, 0.29) is 18.2 Å². The lowest BCUT2D eigenvalue weighted by Gasteiger charge is -2.30. The van der Waals surface area contributed by atoms with Gasteiger partial charge in [-0.15, -0.1) is 5.10 Å². The van der Waals surface area contributed by atoms with Gasteiger partial charge in [0.25, 0.3) is 5.56 Å². The second-order valence-corrected chi connectivity index (χ2v) is 9.71. The third kappa shape index (κ3) is 6.36. The number of ether oxygens (including phenoxy) is 1. The Bertz CT molecular complexity index is 1190. The van der Waals surface area contributed by atoms with E-state index < -0.39 is 0 Å². The minimum Gasteiger partial charge on any atom is -0.396 e. The number of hydrogen-bond acceptors (Lipinski definition) is 8. The molecule has 1 fully saturated rings. The van der Waals surface area contributed by atoms with Crippen molar-refractivity contribution in [2.75, 3.05) is 46.0 Å². The second-order valence-electron chi connectivity index (χ2n) is 9.71. The molecule has 196 valence electrons. The normalized spacial score (nSPS) is 15.7. The van der Waals surface area contributed by atoms with E-state index >= 15 is 0 Å². The molecule has 0 bridgehead atoms. The van der Waals surface area contributed by atoms with E-state index in [1.165, 1.54) is 0 Å². The number of tetrazole rings is 1. The molecule has 1 saturated heterocycles. The van der Waals surface area contributed by atoms with Crippen molar-refractivity contribution in [2.24, 2.45) is 0 Å². The highest BCUT2D eigenvalue weighted by molar-refractivity contribution is 5.82. The van der Waals surface area contributed by atoms with Crippen LogP contribution in [0.5, 0.6) is 0 Å². The number of aryl methyl sites for hydroxylation is 3. The third-order valence-corrected chi connectivity index (χ3v) is 6.98. The standard InChI is InChI=1S/C26H39N7O3/c1-4-23(25-28-29-30-33(25)9-5-7-31-10-13-36-14-11-31)32(8-6-12-34)18-22-17-21-16-19(2)15-20(3)24(21)27-26(22)35/h15-17,23,34H,4-14,18H2,1-3H3,(H,27,35). The van der Waals surface area contributed by atoms with Crippen LogP contribution in [0.2, 0.25) is 0 Å². The fourth-order valence-corrected chi connectivity index (χ4v) is 5.17. The molecule has 10 heteroatoms. The summed E-state index contributed by atoms with van der Waals surface area (Å²) in [5, 5.41) is 23.3. The Morgan fingerprint density at radius 2 is 1.97 bits per heavy atom. The first kappa shape index (κ1) is 26.4.